The lowest BCUT2D eigenvalue weighted by Gasteiger charge is -2.16. The fourth-order valence-electron chi connectivity index (χ4n) is 2.31. The average Bonchev–Trinajstić information content (AvgIpc) is 2.89. The molecule has 0 amide bonds. The lowest BCUT2D eigenvalue weighted by Crippen LogP contribution is -2.22. The van der Waals surface area contributed by atoms with Crippen LogP contribution in [-0.2, 0) is 15.7 Å². The molecule has 1 fully saturated rings. The van der Waals surface area contributed by atoms with Gasteiger partial charge in [0.2, 0.25) is 0 Å². The zero-order chi connectivity index (χ0) is 19.5. The minimum atomic E-state index is -4.76. The number of pyridine rings is 1. The summed E-state index contributed by atoms with van der Waals surface area (Å²) in [5.41, 5.74) is 3.54. The summed E-state index contributed by atoms with van der Waals surface area (Å²) in [5, 5.41) is 8.33. The third-order valence-electron chi connectivity index (χ3n) is 3.47. The molecule has 0 spiro atoms. The summed E-state index contributed by atoms with van der Waals surface area (Å²) >= 11 is 5.73. The number of hydrogen-bond acceptors (Lipinski definition) is 6. The lowest BCUT2D eigenvalue weighted by atomic mass is 10.1. The highest BCUT2D eigenvalue weighted by Crippen LogP contribution is 2.35. The van der Waals surface area contributed by atoms with Crippen molar-refractivity contribution < 1.29 is 22.6 Å². The van der Waals surface area contributed by atoms with Crippen molar-refractivity contribution in [2.24, 2.45) is 10.7 Å². The number of nitrogens with zero attached hydrogens (tertiary/aromatic N) is 3. The van der Waals surface area contributed by atoms with Gasteiger partial charge in [-0.3, -0.25) is 4.99 Å². The predicted octanol–water partition coefficient (Wildman–Crippen LogP) is 3.15. The normalized spacial score (nSPS) is 20.5. The molecule has 6 nitrogen and oxygen atoms in total. The van der Waals surface area contributed by atoms with Gasteiger partial charge in [0.05, 0.1) is 24.4 Å². The first kappa shape index (κ1) is 20.2. The Morgan fingerprint density at radius 2 is 2.27 bits per heavy atom. The molecule has 1 aliphatic heterocycles. The molecular formula is C16H16ClF3N4O2. The van der Waals surface area contributed by atoms with Crippen LogP contribution in [0.25, 0.3) is 5.57 Å². The maximum absolute atomic E-state index is 13.1. The minimum Gasteiger partial charge on any atom is -0.404 e. The van der Waals surface area contributed by atoms with Gasteiger partial charge in [0.1, 0.15) is 22.9 Å². The number of nitrogens with two attached hydrogens (primary N) is 1. The molecule has 1 aliphatic rings. The zero-order valence-electron chi connectivity index (χ0n) is 14.0. The molecule has 2 heterocycles. The molecule has 1 aromatic heterocycles. The summed E-state index contributed by atoms with van der Waals surface area (Å²) in [4.78, 5) is 7.93. The molecule has 10 heteroatoms. The van der Waals surface area contributed by atoms with Crippen molar-refractivity contribution >= 4 is 23.4 Å². The monoisotopic (exact) mass is 388 g/mol. The number of hydrogen-bond donors (Lipinski definition) is 1. The van der Waals surface area contributed by atoms with Crippen LogP contribution in [0.15, 0.2) is 17.3 Å². The molecule has 2 N–H and O–H groups in total. The molecular weight excluding hydrogens is 373 g/mol. The van der Waals surface area contributed by atoms with Crippen molar-refractivity contribution in [2.45, 2.75) is 31.9 Å². The van der Waals surface area contributed by atoms with E-state index < -0.39 is 28.2 Å². The van der Waals surface area contributed by atoms with E-state index in [0.29, 0.717) is 12.7 Å². The van der Waals surface area contributed by atoms with Gasteiger partial charge >= 0.3 is 6.18 Å². The van der Waals surface area contributed by atoms with Gasteiger partial charge in [-0.15, -0.1) is 0 Å². The van der Waals surface area contributed by atoms with Gasteiger partial charge in [-0.1, -0.05) is 11.6 Å². The highest BCUT2D eigenvalue weighted by Gasteiger charge is 2.36. The molecule has 140 valence electrons. The van der Waals surface area contributed by atoms with Gasteiger partial charge in [0.25, 0.3) is 0 Å². The van der Waals surface area contributed by atoms with Crippen LogP contribution in [0.1, 0.15) is 30.7 Å². The fourth-order valence-corrected chi connectivity index (χ4v) is 2.54. The van der Waals surface area contributed by atoms with Crippen molar-refractivity contribution in [3.63, 3.8) is 0 Å². The van der Waals surface area contributed by atoms with Crippen molar-refractivity contribution in [2.75, 3.05) is 13.2 Å². The van der Waals surface area contributed by atoms with E-state index in [-0.39, 0.29) is 23.9 Å². The van der Waals surface area contributed by atoms with Crippen LogP contribution in [0.4, 0.5) is 13.2 Å². The number of alkyl halides is 3. The summed E-state index contributed by atoms with van der Waals surface area (Å²) in [7, 11) is 0. The number of allylic oxidation sites excluding steroid dienone is 1. The summed E-state index contributed by atoms with van der Waals surface area (Å²) in [6, 6.07) is 2.13. The van der Waals surface area contributed by atoms with Gasteiger partial charge in [-0.25, -0.2) is 4.98 Å². The Labute approximate surface area is 153 Å². The largest absolute Gasteiger partial charge is 0.417 e. The number of aliphatic imine (C=N–C) groups is 1. The first-order valence-electron chi connectivity index (χ1n) is 7.49. The van der Waals surface area contributed by atoms with Crippen molar-refractivity contribution in [1.29, 1.82) is 5.26 Å². The van der Waals surface area contributed by atoms with E-state index in [0.717, 1.165) is 6.20 Å². The van der Waals surface area contributed by atoms with Gasteiger partial charge < -0.3 is 15.2 Å². The molecule has 1 atom stereocenters. The summed E-state index contributed by atoms with van der Waals surface area (Å²) in [6.45, 7) is 4.12. The quantitative estimate of drug-likeness (QED) is 0.631. The van der Waals surface area contributed by atoms with E-state index in [2.05, 4.69) is 9.98 Å². The van der Waals surface area contributed by atoms with Crippen LogP contribution in [0.2, 0.25) is 5.15 Å². The molecule has 1 saturated heterocycles. The molecule has 0 bridgehead atoms. The van der Waals surface area contributed by atoms with E-state index in [1.165, 1.54) is 12.3 Å². The second-order valence-corrected chi connectivity index (χ2v) is 6.26. The molecule has 0 aromatic carbocycles. The SMILES string of the molecule is CC1(C)OCC(CN=C/C(=C\N)c2cc(C(F)(F)F)c(C#N)c(Cl)n2)O1. The molecule has 0 saturated carbocycles. The van der Waals surface area contributed by atoms with Crippen molar-refractivity contribution in [1.82, 2.24) is 4.98 Å². The lowest BCUT2D eigenvalue weighted by molar-refractivity contribution is -0.138. The standard InChI is InChI=1S/C16H16ClF3N4O2/c1-15(2)25-8-10(26-15)7-23-6-9(4-21)13-3-12(16(18,19)20)11(5-22)14(17)24-13/h3-4,6,10H,7-8,21H2,1-2H3/b9-4+,23-6?. The van der Waals surface area contributed by atoms with Gasteiger partial charge in [0, 0.05) is 18.0 Å². The number of aromatic nitrogens is 1. The first-order valence-corrected chi connectivity index (χ1v) is 7.87. The Morgan fingerprint density at radius 1 is 1.58 bits per heavy atom. The number of rotatable bonds is 4. The maximum Gasteiger partial charge on any atom is 0.417 e. The summed E-state index contributed by atoms with van der Waals surface area (Å²) in [6.07, 6.45) is -2.70. The minimum absolute atomic E-state index is 0.125. The van der Waals surface area contributed by atoms with E-state index in [4.69, 9.17) is 32.1 Å². The zero-order valence-corrected chi connectivity index (χ0v) is 14.7. The Kier molecular flexibility index (Phi) is 5.91. The second kappa shape index (κ2) is 7.61. The average molecular weight is 389 g/mol. The number of nitriles is 1. The molecule has 2 rings (SSSR count). The molecule has 26 heavy (non-hydrogen) atoms. The fraction of sp³-hybridized carbons (Fsp3) is 0.438. The van der Waals surface area contributed by atoms with Crippen LogP contribution in [0.3, 0.4) is 0 Å². The van der Waals surface area contributed by atoms with Crippen molar-refractivity contribution in [3.05, 3.63) is 34.2 Å². The molecule has 0 aliphatic carbocycles. The van der Waals surface area contributed by atoms with Crippen LogP contribution >= 0.6 is 11.6 Å². The molecule has 1 aromatic rings. The predicted molar refractivity (Wildman–Crippen MR) is 89.4 cm³/mol. The maximum atomic E-state index is 13.1. The van der Waals surface area contributed by atoms with E-state index in [9.17, 15) is 13.2 Å². The number of halogens is 4. The van der Waals surface area contributed by atoms with Crippen LogP contribution in [0, 0.1) is 11.3 Å². The number of ether oxygens (including phenoxy) is 2. The Bertz CT molecular complexity index is 785. The molecule has 0 radical (unpaired) electrons. The van der Waals surface area contributed by atoms with E-state index in [1.807, 2.05) is 0 Å². The highest BCUT2D eigenvalue weighted by atomic mass is 35.5. The van der Waals surface area contributed by atoms with Gasteiger partial charge in [0.15, 0.2) is 5.79 Å². The van der Waals surface area contributed by atoms with Gasteiger partial charge in [-0.2, -0.15) is 18.4 Å². The smallest absolute Gasteiger partial charge is 0.404 e. The Morgan fingerprint density at radius 3 is 2.77 bits per heavy atom. The Balaban J connectivity index is 2.24. The topological polar surface area (TPSA) is 93.5 Å². The first-order chi connectivity index (χ1) is 12.1. The van der Waals surface area contributed by atoms with Gasteiger partial charge in [-0.05, 0) is 19.9 Å². The van der Waals surface area contributed by atoms with E-state index in [1.54, 1.807) is 13.8 Å². The summed E-state index contributed by atoms with van der Waals surface area (Å²) < 4.78 is 50.4. The van der Waals surface area contributed by atoms with Crippen LogP contribution in [-0.4, -0.2) is 36.2 Å². The van der Waals surface area contributed by atoms with Crippen molar-refractivity contribution in [3.8, 4) is 6.07 Å². The third-order valence-corrected chi connectivity index (χ3v) is 3.75. The summed E-state index contributed by atoms with van der Waals surface area (Å²) in [5.74, 6) is -0.698. The third kappa shape index (κ3) is 4.72. The Hall–Kier alpha value is -2.15. The van der Waals surface area contributed by atoms with Crippen LogP contribution in [0.5, 0.6) is 0 Å². The van der Waals surface area contributed by atoms with E-state index >= 15 is 0 Å². The second-order valence-electron chi connectivity index (χ2n) is 5.90. The highest BCUT2D eigenvalue weighted by molar-refractivity contribution is 6.30. The molecule has 1 unspecified atom stereocenters. The van der Waals surface area contributed by atoms with Crippen LogP contribution < -0.4 is 5.73 Å².